The molecular formula is C21H28ClN5O4Si. The van der Waals surface area contributed by atoms with Gasteiger partial charge in [-0.3, -0.25) is 5.32 Å². The zero-order chi connectivity index (χ0) is 23.4. The molecule has 0 fully saturated rings. The number of rotatable bonds is 8. The molecule has 11 heteroatoms. The molecule has 0 unspecified atom stereocenters. The molecule has 0 aliphatic rings. The number of anilines is 1. The van der Waals surface area contributed by atoms with Gasteiger partial charge in [0.15, 0.2) is 14.1 Å². The van der Waals surface area contributed by atoms with E-state index in [1.165, 1.54) is 11.0 Å². The van der Waals surface area contributed by atoms with Gasteiger partial charge in [0.1, 0.15) is 31.7 Å². The van der Waals surface area contributed by atoms with Crippen molar-refractivity contribution < 1.29 is 18.4 Å². The maximum atomic E-state index is 12.0. The Labute approximate surface area is 193 Å². The average Bonchev–Trinajstić information content (AvgIpc) is 3.34. The lowest BCUT2D eigenvalue weighted by atomic mass is 10.2. The maximum absolute atomic E-state index is 12.0. The van der Waals surface area contributed by atoms with E-state index in [4.69, 9.17) is 25.2 Å². The van der Waals surface area contributed by atoms with Crippen molar-refractivity contribution in [2.45, 2.75) is 58.7 Å². The number of benzene rings is 1. The van der Waals surface area contributed by atoms with E-state index in [1.807, 2.05) is 12.1 Å². The lowest BCUT2D eigenvalue weighted by molar-refractivity contribution is 0.155. The lowest BCUT2D eigenvalue weighted by Crippen LogP contribution is -2.40. The largest absolute Gasteiger partial charge is 0.446 e. The molecule has 0 atom stereocenters. The summed E-state index contributed by atoms with van der Waals surface area (Å²) in [7, 11) is -1.89. The summed E-state index contributed by atoms with van der Waals surface area (Å²) in [5, 5.41) is 11.5. The lowest BCUT2D eigenvalue weighted by Gasteiger charge is -2.35. The molecule has 3 rings (SSSR count). The molecule has 2 aromatic heterocycles. The van der Waals surface area contributed by atoms with Gasteiger partial charge in [0.2, 0.25) is 5.89 Å². The van der Waals surface area contributed by atoms with Crippen molar-refractivity contribution in [2.24, 2.45) is 0 Å². The van der Waals surface area contributed by atoms with E-state index in [-0.39, 0.29) is 17.5 Å². The van der Waals surface area contributed by atoms with E-state index in [0.717, 1.165) is 0 Å². The molecule has 0 saturated heterocycles. The van der Waals surface area contributed by atoms with Crippen molar-refractivity contribution >= 4 is 31.8 Å². The highest BCUT2D eigenvalue weighted by Crippen LogP contribution is 2.37. The quantitative estimate of drug-likeness (QED) is 0.442. The van der Waals surface area contributed by atoms with Crippen LogP contribution in [0.1, 0.15) is 37.9 Å². The Morgan fingerprint density at radius 3 is 2.72 bits per heavy atom. The van der Waals surface area contributed by atoms with E-state index in [1.54, 1.807) is 18.4 Å². The van der Waals surface area contributed by atoms with Gasteiger partial charge in [-0.2, -0.15) is 9.90 Å². The minimum atomic E-state index is -1.89. The molecule has 9 nitrogen and oxygen atoms in total. The Kier molecular flexibility index (Phi) is 7.37. The van der Waals surface area contributed by atoms with Crippen LogP contribution in [0.5, 0.6) is 0 Å². The number of carbonyl (C=O) groups is 1. The minimum Gasteiger partial charge on any atom is -0.446 e. The van der Waals surface area contributed by atoms with Gasteiger partial charge in [0.25, 0.3) is 0 Å². The third kappa shape index (κ3) is 6.41. The molecule has 1 N–H and O–H groups in total. The monoisotopic (exact) mass is 477 g/mol. The van der Waals surface area contributed by atoms with Crippen LogP contribution in [0.15, 0.2) is 41.1 Å². The Hall–Kier alpha value is -2.69. The van der Waals surface area contributed by atoms with Crippen LogP contribution in [-0.4, -0.2) is 34.4 Å². The molecule has 1 aromatic carbocycles. The normalized spacial score (nSPS) is 12.1. The second-order valence-corrected chi connectivity index (χ2v) is 14.1. The van der Waals surface area contributed by atoms with Crippen molar-refractivity contribution in [2.75, 3.05) is 5.32 Å². The molecule has 172 valence electrons. The number of halogens is 1. The first-order valence-corrected chi connectivity index (χ1v) is 13.5. The summed E-state index contributed by atoms with van der Waals surface area (Å²) in [4.78, 5) is 17.8. The van der Waals surface area contributed by atoms with Gasteiger partial charge in [-0.05, 0) is 24.2 Å². The number of hydrogen-bond acceptors (Lipinski definition) is 7. The third-order valence-corrected chi connectivity index (χ3v) is 10.2. The van der Waals surface area contributed by atoms with Gasteiger partial charge in [-0.15, -0.1) is 5.10 Å². The van der Waals surface area contributed by atoms with Crippen LogP contribution < -0.4 is 5.32 Å². The summed E-state index contributed by atoms with van der Waals surface area (Å²) in [5.74, 6) is 0.776. The predicted octanol–water partition coefficient (Wildman–Crippen LogP) is 5.24. The third-order valence-electron chi connectivity index (χ3n) is 5.35. The fourth-order valence-electron chi connectivity index (χ4n) is 2.42. The van der Waals surface area contributed by atoms with Gasteiger partial charge in [-0.25, -0.2) is 9.78 Å². The van der Waals surface area contributed by atoms with Gasteiger partial charge in [0, 0.05) is 10.6 Å². The Balaban J connectivity index is 1.49. The topological polar surface area (TPSA) is 104 Å². The fraction of sp³-hybridized carbons (Fsp3) is 0.429. The molecule has 3 aromatic rings. The summed E-state index contributed by atoms with van der Waals surface area (Å²) in [6, 6.07) is 7.15. The van der Waals surface area contributed by atoms with Crippen LogP contribution in [0.2, 0.25) is 23.2 Å². The predicted molar refractivity (Wildman–Crippen MR) is 123 cm³/mol. The number of oxazole rings is 1. The van der Waals surface area contributed by atoms with Gasteiger partial charge in [-0.1, -0.05) is 50.6 Å². The second-order valence-electron chi connectivity index (χ2n) is 8.83. The molecule has 0 radical (unpaired) electrons. The van der Waals surface area contributed by atoms with Gasteiger partial charge >= 0.3 is 6.09 Å². The molecule has 0 saturated carbocycles. The maximum Gasteiger partial charge on any atom is 0.413 e. The number of aromatic nitrogens is 4. The molecule has 0 bridgehead atoms. The Morgan fingerprint density at radius 1 is 1.25 bits per heavy atom. The SMILES string of the molecule is CC(C)(C)[Si](C)(C)OCc1nc(Cn2ncc(NC(=O)OCc3ccccc3Cl)n2)co1. The van der Waals surface area contributed by atoms with Crippen LogP contribution in [0.3, 0.4) is 0 Å². The van der Waals surface area contributed by atoms with Gasteiger partial charge < -0.3 is 13.6 Å². The number of nitrogens with zero attached hydrogens (tertiary/aromatic N) is 4. The highest BCUT2D eigenvalue weighted by Gasteiger charge is 2.37. The number of ether oxygens (including phenoxy) is 1. The van der Waals surface area contributed by atoms with E-state index in [9.17, 15) is 4.79 Å². The zero-order valence-corrected chi connectivity index (χ0v) is 20.6. The molecule has 1 amide bonds. The average molecular weight is 478 g/mol. The van der Waals surface area contributed by atoms with Crippen LogP contribution in [0.25, 0.3) is 0 Å². The summed E-state index contributed by atoms with van der Waals surface area (Å²) in [6.07, 6.45) is 2.33. The summed E-state index contributed by atoms with van der Waals surface area (Å²) >= 11 is 6.05. The first-order valence-electron chi connectivity index (χ1n) is 10.2. The van der Waals surface area contributed by atoms with Crippen molar-refractivity contribution in [1.82, 2.24) is 20.0 Å². The highest BCUT2D eigenvalue weighted by atomic mass is 35.5. The number of hydrogen-bond donors (Lipinski definition) is 1. The van der Waals surface area contributed by atoms with E-state index in [0.29, 0.717) is 35.3 Å². The van der Waals surface area contributed by atoms with Crippen molar-refractivity contribution in [3.05, 3.63) is 58.9 Å². The Morgan fingerprint density at radius 2 is 2.00 bits per heavy atom. The number of amides is 1. The summed E-state index contributed by atoms with van der Waals surface area (Å²) < 4.78 is 16.8. The summed E-state index contributed by atoms with van der Waals surface area (Å²) in [5.41, 5.74) is 1.37. The van der Waals surface area contributed by atoms with Crippen molar-refractivity contribution in [1.29, 1.82) is 0 Å². The fourth-order valence-corrected chi connectivity index (χ4v) is 3.53. The number of nitrogens with one attached hydrogen (secondary N) is 1. The first-order chi connectivity index (χ1) is 15.0. The minimum absolute atomic E-state index is 0.0539. The van der Waals surface area contributed by atoms with E-state index >= 15 is 0 Å². The zero-order valence-electron chi connectivity index (χ0n) is 18.9. The van der Waals surface area contributed by atoms with E-state index < -0.39 is 14.4 Å². The molecule has 32 heavy (non-hydrogen) atoms. The van der Waals surface area contributed by atoms with Crippen LogP contribution in [0.4, 0.5) is 10.6 Å². The number of carbonyl (C=O) groups excluding carboxylic acids is 1. The standard InChI is InChI=1S/C21H28ClN5O4Si/c1-21(2,3)32(4,5)31-14-19-24-16(13-29-19)11-27-23-10-18(26-27)25-20(28)30-12-15-8-6-7-9-17(15)22/h6-10,13H,11-12,14H2,1-5H3,(H,25,26,28). The molecule has 2 heterocycles. The van der Waals surface area contributed by atoms with Crippen molar-refractivity contribution in [3.63, 3.8) is 0 Å². The smallest absolute Gasteiger partial charge is 0.413 e. The van der Waals surface area contributed by atoms with E-state index in [2.05, 4.69) is 54.4 Å². The van der Waals surface area contributed by atoms with Crippen LogP contribution in [0, 0.1) is 0 Å². The van der Waals surface area contributed by atoms with Crippen LogP contribution in [-0.2, 0) is 28.9 Å². The molecular weight excluding hydrogens is 450 g/mol. The van der Waals surface area contributed by atoms with Crippen LogP contribution >= 0.6 is 11.6 Å². The summed E-state index contributed by atoms with van der Waals surface area (Å²) in [6.45, 7) is 11.6. The molecule has 0 aliphatic heterocycles. The molecule has 0 aliphatic carbocycles. The highest BCUT2D eigenvalue weighted by molar-refractivity contribution is 6.74. The first kappa shape index (κ1) is 24.0. The molecule has 0 spiro atoms. The van der Waals surface area contributed by atoms with Gasteiger partial charge in [0.05, 0.1) is 6.20 Å². The Bertz CT molecular complexity index is 1060. The second kappa shape index (κ2) is 9.84. The van der Waals surface area contributed by atoms with Crippen molar-refractivity contribution in [3.8, 4) is 0 Å².